The molecule has 1 saturated heterocycles. The van der Waals surface area contributed by atoms with Crippen LogP contribution in [-0.2, 0) is 9.59 Å². The molecule has 0 spiro atoms. The Morgan fingerprint density at radius 2 is 2.19 bits per heavy atom. The van der Waals surface area contributed by atoms with E-state index in [4.69, 9.17) is 5.73 Å². The van der Waals surface area contributed by atoms with Gasteiger partial charge in [0, 0.05) is 19.0 Å². The summed E-state index contributed by atoms with van der Waals surface area (Å²) in [6.07, 6.45) is 3.28. The summed E-state index contributed by atoms with van der Waals surface area (Å²) in [5.41, 5.74) is 5.26. The standard InChI is InChI=1S/C11H19N3O2/c1-11(12,7-2-3-7)10(16)14-8-4-5-9(15)13-6-8/h7-8H,2-6,12H2,1H3,(H,13,15)(H,14,16). The SMILES string of the molecule is CC(N)(C(=O)NC1CCC(=O)NC1)C1CC1. The van der Waals surface area contributed by atoms with Crippen LogP contribution in [0.5, 0.6) is 0 Å². The lowest BCUT2D eigenvalue weighted by molar-refractivity contribution is -0.129. The number of carbonyl (C=O) groups is 2. The number of amides is 2. The molecule has 2 unspecified atom stereocenters. The van der Waals surface area contributed by atoms with Crippen LogP contribution >= 0.6 is 0 Å². The Morgan fingerprint density at radius 3 is 2.69 bits per heavy atom. The van der Waals surface area contributed by atoms with Gasteiger partial charge in [-0.2, -0.15) is 0 Å². The Labute approximate surface area is 95.1 Å². The van der Waals surface area contributed by atoms with Crippen molar-refractivity contribution in [3.8, 4) is 0 Å². The zero-order chi connectivity index (χ0) is 11.8. The zero-order valence-corrected chi connectivity index (χ0v) is 9.58. The Bertz CT molecular complexity index is 300. The second-order valence-corrected chi connectivity index (χ2v) is 5.07. The number of hydrogen-bond donors (Lipinski definition) is 3. The summed E-state index contributed by atoms with van der Waals surface area (Å²) in [7, 11) is 0. The highest BCUT2D eigenvalue weighted by atomic mass is 16.2. The van der Waals surface area contributed by atoms with Gasteiger partial charge < -0.3 is 16.4 Å². The van der Waals surface area contributed by atoms with E-state index in [9.17, 15) is 9.59 Å². The Morgan fingerprint density at radius 1 is 1.50 bits per heavy atom. The van der Waals surface area contributed by atoms with Gasteiger partial charge in [0.05, 0.1) is 5.54 Å². The van der Waals surface area contributed by atoms with E-state index >= 15 is 0 Å². The van der Waals surface area contributed by atoms with E-state index < -0.39 is 5.54 Å². The van der Waals surface area contributed by atoms with E-state index in [-0.39, 0.29) is 17.9 Å². The van der Waals surface area contributed by atoms with Crippen LogP contribution in [0.4, 0.5) is 0 Å². The van der Waals surface area contributed by atoms with Crippen molar-refractivity contribution in [2.45, 2.75) is 44.2 Å². The first-order chi connectivity index (χ1) is 7.50. The molecule has 0 aromatic carbocycles. The molecule has 2 amide bonds. The predicted octanol–water partition coefficient (Wildman–Crippen LogP) is -0.491. The molecular weight excluding hydrogens is 206 g/mol. The van der Waals surface area contributed by atoms with Crippen LogP contribution in [0.3, 0.4) is 0 Å². The highest BCUT2D eigenvalue weighted by Crippen LogP contribution is 2.38. The normalized spacial score (nSPS) is 29.1. The minimum absolute atomic E-state index is 0.0341. The highest BCUT2D eigenvalue weighted by molar-refractivity contribution is 5.87. The third-order valence-electron chi connectivity index (χ3n) is 3.52. The van der Waals surface area contributed by atoms with Crippen molar-refractivity contribution >= 4 is 11.8 Å². The summed E-state index contributed by atoms with van der Waals surface area (Å²) < 4.78 is 0. The van der Waals surface area contributed by atoms with Gasteiger partial charge in [-0.1, -0.05) is 0 Å². The first kappa shape index (κ1) is 11.4. The largest absolute Gasteiger partial charge is 0.354 e. The molecule has 16 heavy (non-hydrogen) atoms. The van der Waals surface area contributed by atoms with E-state index in [1.807, 2.05) is 0 Å². The van der Waals surface area contributed by atoms with Crippen molar-refractivity contribution < 1.29 is 9.59 Å². The van der Waals surface area contributed by atoms with Gasteiger partial charge in [-0.05, 0) is 32.1 Å². The van der Waals surface area contributed by atoms with Gasteiger partial charge in [-0.3, -0.25) is 9.59 Å². The second-order valence-electron chi connectivity index (χ2n) is 5.07. The third kappa shape index (κ3) is 2.35. The summed E-state index contributed by atoms with van der Waals surface area (Å²) >= 11 is 0. The number of nitrogens with two attached hydrogens (primary N) is 1. The molecule has 1 aliphatic heterocycles. The molecule has 0 radical (unpaired) electrons. The molecule has 2 atom stereocenters. The molecular formula is C11H19N3O2. The number of hydrogen-bond acceptors (Lipinski definition) is 3. The minimum atomic E-state index is -0.749. The fraction of sp³-hybridized carbons (Fsp3) is 0.818. The molecule has 2 rings (SSSR count). The van der Waals surface area contributed by atoms with Gasteiger partial charge in [-0.25, -0.2) is 0 Å². The maximum absolute atomic E-state index is 11.9. The number of piperidine rings is 1. The highest BCUT2D eigenvalue weighted by Gasteiger charge is 2.44. The summed E-state index contributed by atoms with van der Waals surface area (Å²) in [5, 5.41) is 5.66. The number of nitrogens with one attached hydrogen (secondary N) is 2. The summed E-state index contributed by atoms with van der Waals surface area (Å²) in [6.45, 7) is 2.31. The molecule has 5 nitrogen and oxygen atoms in total. The molecule has 0 bridgehead atoms. The third-order valence-corrected chi connectivity index (χ3v) is 3.52. The van der Waals surface area contributed by atoms with Crippen molar-refractivity contribution in [2.75, 3.05) is 6.54 Å². The van der Waals surface area contributed by atoms with Gasteiger partial charge in [0.15, 0.2) is 0 Å². The van der Waals surface area contributed by atoms with Gasteiger partial charge >= 0.3 is 0 Å². The summed E-state index contributed by atoms with van der Waals surface area (Å²) in [5.74, 6) is 0.296. The van der Waals surface area contributed by atoms with Gasteiger partial charge in [0.1, 0.15) is 0 Å². The molecule has 1 heterocycles. The molecule has 1 aliphatic carbocycles. The van der Waals surface area contributed by atoms with Crippen LogP contribution in [0, 0.1) is 5.92 Å². The zero-order valence-electron chi connectivity index (χ0n) is 9.58. The Kier molecular flexibility index (Phi) is 2.88. The van der Waals surface area contributed by atoms with Gasteiger partial charge in [-0.15, -0.1) is 0 Å². The first-order valence-corrected chi connectivity index (χ1v) is 5.86. The van der Waals surface area contributed by atoms with Crippen molar-refractivity contribution in [1.29, 1.82) is 0 Å². The average Bonchev–Trinajstić information content (AvgIpc) is 3.05. The lowest BCUT2D eigenvalue weighted by Crippen LogP contribution is -2.58. The second kappa shape index (κ2) is 4.05. The molecule has 0 aromatic heterocycles. The van der Waals surface area contributed by atoms with E-state index in [0.29, 0.717) is 25.3 Å². The van der Waals surface area contributed by atoms with Crippen LogP contribution < -0.4 is 16.4 Å². The van der Waals surface area contributed by atoms with Crippen molar-refractivity contribution in [3.05, 3.63) is 0 Å². The maximum atomic E-state index is 11.9. The van der Waals surface area contributed by atoms with Crippen molar-refractivity contribution in [2.24, 2.45) is 11.7 Å². The van der Waals surface area contributed by atoms with Crippen molar-refractivity contribution in [1.82, 2.24) is 10.6 Å². The lowest BCUT2D eigenvalue weighted by Gasteiger charge is -2.29. The average molecular weight is 225 g/mol. The fourth-order valence-electron chi connectivity index (χ4n) is 2.07. The minimum Gasteiger partial charge on any atom is -0.354 e. The van der Waals surface area contributed by atoms with Crippen LogP contribution in [0.25, 0.3) is 0 Å². The van der Waals surface area contributed by atoms with E-state index in [1.165, 1.54) is 0 Å². The predicted molar refractivity (Wildman–Crippen MR) is 59.5 cm³/mol. The van der Waals surface area contributed by atoms with E-state index in [1.54, 1.807) is 6.92 Å². The molecule has 2 aliphatic rings. The van der Waals surface area contributed by atoms with Crippen LogP contribution in [0.15, 0.2) is 0 Å². The molecule has 4 N–H and O–H groups in total. The molecule has 5 heteroatoms. The Hall–Kier alpha value is -1.10. The molecule has 1 saturated carbocycles. The van der Waals surface area contributed by atoms with Gasteiger partial charge in [0.25, 0.3) is 0 Å². The number of carbonyl (C=O) groups excluding carboxylic acids is 2. The van der Waals surface area contributed by atoms with Crippen LogP contribution in [0.2, 0.25) is 0 Å². The van der Waals surface area contributed by atoms with E-state index in [0.717, 1.165) is 12.8 Å². The Balaban J connectivity index is 1.84. The maximum Gasteiger partial charge on any atom is 0.240 e. The molecule has 2 fully saturated rings. The smallest absolute Gasteiger partial charge is 0.240 e. The quantitative estimate of drug-likeness (QED) is 0.606. The van der Waals surface area contributed by atoms with Crippen molar-refractivity contribution in [3.63, 3.8) is 0 Å². The van der Waals surface area contributed by atoms with Crippen LogP contribution in [-0.4, -0.2) is 29.9 Å². The summed E-state index contributed by atoms with van der Waals surface area (Å²) in [4.78, 5) is 22.9. The first-order valence-electron chi connectivity index (χ1n) is 5.86. The molecule has 90 valence electrons. The van der Waals surface area contributed by atoms with Crippen LogP contribution in [0.1, 0.15) is 32.6 Å². The fourth-order valence-corrected chi connectivity index (χ4v) is 2.07. The summed E-state index contributed by atoms with van der Waals surface area (Å²) in [6, 6.07) is 0.0341. The van der Waals surface area contributed by atoms with E-state index in [2.05, 4.69) is 10.6 Å². The lowest BCUT2D eigenvalue weighted by atomic mass is 9.95. The van der Waals surface area contributed by atoms with Gasteiger partial charge in [0.2, 0.25) is 11.8 Å². The monoisotopic (exact) mass is 225 g/mol. The number of rotatable bonds is 3. The topological polar surface area (TPSA) is 84.2 Å². The molecule has 0 aromatic rings.